The van der Waals surface area contributed by atoms with Gasteiger partial charge < -0.3 is 19.5 Å². The number of carboxylic acid groups (broad SMARTS) is 1. The molecule has 0 bridgehead atoms. The highest BCUT2D eigenvalue weighted by molar-refractivity contribution is 5.85. The Morgan fingerprint density at radius 2 is 1.65 bits per heavy atom. The Kier molecular flexibility index (Phi) is 5.73. The zero-order valence-corrected chi connectivity index (χ0v) is 14.3. The largest absolute Gasteiger partial charge is 0.485 e. The number of carbonyl (C=O) groups excluding carboxylic acids is 1. The number of carbonyl (C=O) groups is 2. The third kappa shape index (κ3) is 4.33. The van der Waals surface area contributed by atoms with Crippen molar-refractivity contribution in [3.63, 3.8) is 0 Å². The quantitative estimate of drug-likeness (QED) is 0.826. The van der Waals surface area contributed by atoms with E-state index in [9.17, 15) is 14.7 Å². The molecule has 136 valence electrons. The van der Waals surface area contributed by atoms with E-state index >= 15 is 0 Å². The summed E-state index contributed by atoms with van der Waals surface area (Å²) in [5.41, 5.74) is 1.03. The lowest BCUT2D eigenvalue weighted by Crippen LogP contribution is -2.42. The molecule has 6 nitrogen and oxygen atoms in total. The summed E-state index contributed by atoms with van der Waals surface area (Å²) in [7, 11) is 0. The van der Waals surface area contributed by atoms with E-state index in [0.717, 1.165) is 5.56 Å². The minimum Gasteiger partial charge on any atom is -0.485 e. The van der Waals surface area contributed by atoms with Crippen molar-refractivity contribution in [3.8, 4) is 11.5 Å². The van der Waals surface area contributed by atoms with Gasteiger partial charge in [-0.2, -0.15) is 0 Å². The number of nitrogens with zero attached hydrogens (tertiary/aromatic N) is 1. The van der Waals surface area contributed by atoms with Crippen LogP contribution in [0, 0.1) is 0 Å². The van der Waals surface area contributed by atoms with Crippen molar-refractivity contribution in [1.29, 1.82) is 0 Å². The van der Waals surface area contributed by atoms with Gasteiger partial charge in [0.15, 0.2) is 18.1 Å². The van der Waals surface area contributed by atoms with Gasteiger partial charge in [0, 0.05) is 6.54 Å². The lowest BCUT2D eigenvalue weighted by atomic mass is 10.2. The second-order valence-electron chi connectivity index (χ2n) is 6.09. The Morgan fingerprint density at radius 1 is 1.00 bits per heavy atom. The van der Waals surface area contributed by atoms with Crippen molar-refractivity contribution in [2.75, 3.05) is 13.2 Å². The van der Waals surface area contributed by atoms with Crippen LogP contribution in [0.15, 0.2) is 54.6 Å². The molecule has 0 aliphatic carbocycles. The van der Waals surface area contributed by atoms with Crippen LogP contribution in [-0.4, -0.2) is 41.1 Å². The fourth-order valence-corrected chi connectivity index (χ4v) is 2.97. The summed E-state index contributed by atoms with van der Waals surface area (Å²) in [6, 6.07) is 16.1. The highest BCUT2D eigenvalue weighted by atomic mass is 16.5. The van der Waals surface area contributed by atoms with Crippen molar-refractivity contribution in [2.45, 2.75) is 25.5 Å². The van der Waals surface area contributed by atoms with Gasteiger partial charge >= 0.3 is 5.97 Å². The van der Waals surface area contributed by atoms with Gasteiger partial charge in [0.2, 0.25) is 0 Å². The minimum atomic E-state index is -0.970. The van der Waals surface area contributed by atoms with Crippen LogP contribution >= 0.6 is 0 Å². The highest BCUT2D eigenvalue weighted by Crippen LogP contribution is 2.27. The van der Waals surface area contributed by atoms with Crippen LogP contribution in [0.3, 0.4) is 0 Å². The number of ether oxygens (including phenoxy) is 2. The number of para-hydroxylation sites is 2. The SMILES string of the molecule is O=C(O)[C@H]1CCCN1C(=O)COc1ccccc1OCc1ccccc1. The standard InChI is InChI=1S/C20H21NO5/c22-19(21-12-6-9-16(21)20(23)24)14-26-18-11-5-4-10-17(18)25-13-15-7-2-1-3-8-15/h1-5,7-8,10-11,16H,6,9,12-14H2,(H,23,24)/t16-/m1/s1. The van der Waals surface area contributed by atoms with Crippen molar-refractivity contribution in [1.82, 2.24) is 4.90 Å². The van der Waals surface area contributed by atoms with Crippen LogP contribution in [0.5, 0.6) is 11.5 Å². The zero-order chi connectivity index (χ0) is 18.4. The van der Waals surface area contributed by atoms with E-state index in [-0.39, 0.29) is 12.5 Å². The molecule has 1 amide bonds. The molecular formula is C20H21NO5. The molecule has 1 atom stereocenters. The number of carboxylic acids is 1. The second-order valence-corrected chi connectivity index (χ2v) is 6.09. The monoisotopic (exact) mass is 355 g/mol. The van der Waals surface area contributed by atoms with Crippen molar-refractivity contribution in [3.05, 3.63) is 60.2 Å². The lowest BCUT2D eigenvalue weighted by Gasteiger charge is -2.21. The summed E-state index contributed by atoms with van der Waals surface area (Å²) in [4.78, 5) is 24.9. The fourth-order valence-electron chi connectivity index (χ4n) is 2.97. The molecule has 26 heavy (non-hydrogen) atoms. The summed E-state index contributed by atoms with van der Waals surface area (Å²) < 4.78 is 11.4. The normalized spacial score (nSPS) is 16.3. The maximum Gasteiger partial charge on any atom is 0.326 e. The van der Waals surface area contributed by atoms with Gasteiger partial charge in [-0.3, -0.25) is 4.79 Å². The van der Waals surface area contributed by atoms with Gasteiger partial charge in [0.05, 0.1) is 0 Å². The molecule has 2 aromatic carbocycles. The molecule has 1 aliphatic rings. The number of aliphatic carboxylic acids is 1. The summed E-state index contributed by atoms with van der Waals surface area (Å²) >= 11 is 0. The van der Waals surface area contributed by atoms with Crippen LogP contribution in [0.2, 0.25) is 0 Å². The van der Waals surface area contributed by atoms with Gasteiger partial charge in [0.1, 0.15) is 12.6 Å². The zero-order valence-electron chi connectivity index (χ0n) is 14.3. The summed E-state index contributed by atoms with van der Waals surface area (Å²) in [5.74, 6) is -0.293. The number of hydrogen-bond donors (Lipinski definition) is 1. The van der Waals surface area contributed by atoms with Crippen molar-refractivity contribution < 1.29 is 24.2 Å². The Hall–Kier alpha value is -3.02. The summed E-state index contributed by atoms with van der Waals surface area (Å²) in [6.45, 7) is 0.628. The first-order chi connectivity index (χ1) is 12.6. The number of likely N-dealkylation sites (tertiary alicyclic amines) is 1. The van der Waals surface area contributed by atoms with E-state index in [1.807, 2.05) is 36.4 Å². The van der Waals surface area contributed by atoms with Gasteiger partial charge in [-0.15, -0.1) is 0 Å². The molecule has 3 rings (SSSR count). The molecule has 0 unspecified atom stereocenters. The number of amides is 1. The molecule has 1 N–H and O–H groups in total. The number of rotatable bonds is 7. The smallest absolute Gasteiger partial charge is 0.326 e. The summed E-state index contributed by atoms with van der Waals surface area (Å²) in [6.07, 6.45) is 1.18. The van der Waals surface area contributed by atoms with Crippen LogP contribution < -0.4 is 9.47 Å². The molecule has 2 aromatic rings. The van der Waals surface area contributed by atoms with Crippen LogP contribution in [-0.2, 0) is 16.2 Å². The van der Waals surface area contributed by atoms with Crippen molar-refractivity contribution in [2.24, 2.45) is 0 Å². The molecule has 0 aromatic heterocycles. The molecule has 0 spiro atoms. The Bertz CT molecular complexity index is 762. The first kappa shape index (κ1) is 17.8. The van der Waals surface area contributed by atoms with E-state index in [2.05, 4.69) is 0 Å². The Morgan fingerprint density at radius 3 is 2.35 bits per heavy atom. The number of hydrogen-bond acceptors (Lipinski definition) is 4. The topological polar surface area (TPSA) is 76.1 Å². The molecule has 1 aliphatic heterocycles. The van der Waals surface area contributed by atoms with Gasteiger partial charge in [-0.05, 0) is 30.5 Å². The average Bonchev–Trinajstić information content (AvgIpc) is 3.16. The van der Waals surface area contributed by atoms with Crippen LogP contribution in [0.25, 0.3) is 0 Å². The second kappa shape index (κ2) is 8.38. The molecule has 1 fully saturated rings. The Balaban J connectivity index is 1.59. The van der Waals surface area contributed by atoms with E-state index < -0.39 is 12.0 Å². The first-order valence-corrected chi connectivity index (χ1v) is 8.56. The number of benzene rings is 2. The fraction of sp³-hybridized carbons (Fsp3) is 0.300. The maximum absolute atomic E-state index is 12.3. The molecule has 1 heterocycles. The molecule has 6 heteroatoms. The van der Waals surface area contributed by atoms with E-state index in [0.29, 0.717) is 37.5 Å². The predicted octanol–water partition coefficient (Wildman–Crippen LogP) is 2.72. The molecule has 1 saturated heterocycles. The highest BCUT2D eigenvalue weighted by Gasteiger charge is 2.34. The maximum atomic E-state index is 12.3. The van der Waals surface area contributed by atoms with E-state index in [1.54, 1.807) is 18.2 Å². The van der Waals surface area contributed by atoms with Gasteiger partial charge in [-0.1, -0.05) is 42.5 Å². The average molecular weight is 355 g/mol. The van der Waals surface area contributed by atoms with Crippen LogP contribution in [0.4, 0.5) is 0 Å². The predicted molar refractivity (Wildman–Crippen MR) is 95.1 cm³/mol. The van der Waals surface area contributed by atoms with Gasteiger partial charge in [0.25, 0.3) is 5.91 Å². The van der Waals surface area contributed by atoms with E-state index in [1.165, 1.54) is 4.90 Å². The van der Waals surface area contributed by atoms with Crippen molar-refractivity contribution >= 4 is 11.9 Å². The molecule has 0 saturated carbocycles. The molecule has 0 radical (unpaired) electrons. The van der Waals surface area contributed by atoms with E-state index in [4.69, 9.17) is 9.47 Å². The summed E-state index contributed by atoms with van der Waals surface area (Å²) in [5, 5.41) is 9.19. The third-order valence-corrected chi connectivity index (χ3v) is 4.30. The minimum absolute atomic E-state index is 0.213. The third-order valence-electron chi connectivity index (χ3n) is 4.30. The first-order valence-electron chi connectivity index (χ1n) is 8.56. The molecular weight excluding hydrogens is 334 g/mol. The Labute approximate surface area is 152 Å². The van der Waals surface area contributed by atoms with Crippen LogP contribution in [0.1, 0.15) is 18.4 Å². The lowest BCUT2D eigenvalue weighted by molar-refractivity contribution is -0.149. The van der Waals surface area contributed by atoms with Gasteiger partial charge in [-0.25, -0.2) is 4.79 Å².